The van der Waals surface area contributed by atoms with E-state index in [4.69, 9.17) is 4.74 Å². The molecule has 0 bridgehead atoms. The number of imidazole rings is 1. The molecule has 0 aliphatic carbocycles. The lowest BCUT2D eigenvalue weighted by Crippen LogP contribution is -2.12. The number of fused-ring (bicyclic) bond motifs is 1. The number of anilines is 2. The highest BCUT2D eigenvalue weighted by molar-refractivity contribution is 7.12. The van der Waals surface area contributed by atoms with Gasteiger partial charge in [-0.1, -0.05) is 12.1 Å². The Labute approximate surface area is 206 Å². The van der Waals surface area contributed by atoms with Crippen LogP contribution in [0.3, 0.4) is 0 Å². The number of pyridine rings is 1. The second-order valence-electron chi connectivity index (χ2n) is 7.98. The maximum absolute atomic E-state index is 12.6. The van der Waals surface area contributed by atoms with Gasteiger partial charge in [-0.3, -0.25) is 9.59 Å². The predicted octanol–water partition coefficient (Wildman–Crippen LogP) is 5.79. The fraction of sp³-hybridized carbons (Fsp3) is 0.0741. The minimum atomic E-state index is -0.234. The van der Waals surface area contributed by atoms with Crippen LogP contribution in [0.5, 0.6) is 5.75 Å². The molecule has 174 valence electrons. The molecule has 0 saturated carbocycles. The van der Waals surface area contributed by atoms with Crippen molar-refractivity contribution in [2.24, 2.45) is 0 Å². The average Bonchev–Trinajstić information content (AvgIpc) is 3.54. The van der Waals surface area contributed by atoms with Gasteiger partial charge in [0, 0.05) is 29.3 Å². The van der Waals surface area contributed by atoms with Gasteiger partial charge in [-0.15, -0.1) is 11.3 Å². The molecule has 0 unspecified atom stereocenters. The molecule has 8 heteroatoms. The highest BCUT2D eigenvalue weighted by Crippen LogP contribution is 2.19. The monoisotopic (exact) mass is 482 g/mol. The number of nitrogens with one attached hydrogen (secondary N) is 2. The smallest absolute Gasteiger partial charge is 0.265 e. The van der Waals surface area contributed by atoms with Crippen LogP contribution in [0.1, 0.15) is 31.3 Å². The van der Waals surface area contributed by atoms with Crippen molar-refractivity contribution < 1.29 is 14.3 Å². The van der Waals surface area contributed by atoms with Crippen LogP contribution in [-0.2, 0) is 6.61 Å². The summed E-state index contributed by atoms with van der Waals surface area (Å²) in [4.78, 5) is 30.0. The molecular weight excluding hydrogens is 460 g/mol. The summed E-state index contributed by atoms with van der Waals surface area (Å²) < 4.78 is 7.81. The molecule has 0 radical (unpaired) electrons. The first-order valence-corrected chi connectivity index (χ1v) is 11.8. The summed E-state index contributed by atoms with van der Waals surface area (Å²) in [5.41, 5.74) is 4.66. The highest BCUT2D eigenvalue weighted by Gasteiger charge is 2.09. The van der Waals surface area contributed by atoms with Crippen LogP contribution in [0.25, 0.3) is 5.65 Å². The Hall–Kier alpha value is -4.43. The zero-order valence-electron chi connectivity index (χ0n) is 18.9. The minimum absolute atomic E-state index is 0.157. The fourth-order valence-electron chi connectivity index (χ4n) is 3.53. The summed E-state index contributed by atoms with van der Waals surface area (Å²) in [5, 5.41) is 7.55. The first-order valence-electron chi connectivity index (χ1n) is 11.0. The van der Waals surface area contributed by atoms with Gasteiger partial charge in [-0.25, -0.2) is 4.98 Å². The van der Waals surface area contributed by atoms with Crippen LogP contribution in [0.4, 0.5) is 11.4 Å². The third-order valence-electron chi connectivity index (χ3n) is 5.30. The average molecular weight is 483 g/mol. The van der Waals surface area contributed by atoms with Crippen molar-refractivity contribution in [3.05, 3.63) is 112 Å². The molecule has 0 atom stereocenters. The number of hydrogen-bond acceptors (Lipinski definition) is 5. The summed E-state index contributed by atoms with van der Waals surface area (Å²) in [5.74, 6) is 0.263. The van der Waals surface area contributed by atoms with E-state index in [1.807, 2.05) is 47.3 Å². The molecule has 2 N–H and O–H groups in total. The number of ether oxygens (including phenoxy) is 1. The van der Waals surface area contributed by atoms with Crippen LogP contribution >= 0.6 is 11.3 Å². The highest BCUT2D eigenvalue weighted by atomic mass is 32.1. The first kappa shape index (κ1) is 22.4. The Morgan fingerprint density at radius 1 is 0.886 bits per heavy atom. The quantitative estimate of drug-likeness (QED) is 0.308. The Morgan fingerprint density at radius 3 is 2.29 bits per heavy atom. The molecule has 0 aliphatic rings. The van der Waals surface area contributed by atoms with Crippen LogP contribution in [0, 0.1) is 6.92 Å². The summed E-state index contributed by atoms with van der Waals surface area (Å²) in [6, 6.07) is 21.5. The van der Waals surface area contributed by atoms with E-state index in [1.54, 1.807) is 54.6 Å². The van der Waals surface area contributed by atoms with Crippen molar-refractivity contribution in [1.82, 2.24) is 9.38 Å². The maximum Gasteiger partial charge on any atom is 0.265 e. The number of carbonyl (C=O) groups is 2. The molecule has 3 aromatic heterocycles. The van der Waals surface area contributed by atoms with Gasteiger partial charge in [-0.05, 0) is 78.5 Å². The lowest BCUT2D eigenvalue weighted by molar-refractivity contribution is 0.102. The Balaban J connectivity index is 1.15. The Bertz CT molecular complexity index is 1470. The van der Waals surface area contributed by atoms with Crippen molar-refractivity contribution in [2.75, 3.05) is 10.6 Å². The number of nitrogens with zero attached hydrogens (tertiary/aromatic N) is 2. The minimum Gasteiger partial charge on any atom is -0.487 e. The number of amides is 2. The van der Waals surface area contributed by atoms with Gasteiger partial charge >= 0.3 is 0 Å². The van der Waals surface area contributed by atoms with Crippen molar-refractivity contribution in [1.29, 1.82) is 0 Å². The van der Waals surface area contributed by atoms with E-state index in [0.717, 1.165) is 16.9 Å². The molecule has 5 aromatic rings. The second kappa shape index (κ2) is 9.82. The fourth-order valence-corrected chi connectivity index (χ4v) is 4.14. The summed E-state index contributed by atoms with van der Waals surface area (Å²) in [6.45, 7) is 2.37. The standard InChI is InChI=1S/C27H22N4O3S/c1-18-4-13-25-28-22(16-31(25)15-18)17-34-23-11-5-19(6-12-23)26(32)29-20-7-9-21(10-8-20)30-27(33)24-3-2-14-35-24/h2-16H,17H2,1H3,(H,29,32)(H,30,33). The number of aryl methyl sites for hydroxylation is 1. The molecular formula is C27H22N4O3S. The van der Waals surface area contributed by atoms with Crippen molar-refractivity contribution in [2.45, 2.75) is 13.5 Å². The number of hydrogen-bond donors (Lipinski definition) is 2. The van der Waals surface area contributed by atoms with Crippen molar-refractivity contribution >= 4 is 40.2 Å². The molecule has 0 spiro atoms. The van der Waals surface area contributed by atoms with E-state index in [0.29, 0.717) is 34.2 Å². The first-order chi connectivity index (χ1) is 17.0. The number of carbonyl (C=O) groups excluding carboxylic acids is 2. The van der Waals surface area contributed by atoms with Gasteiger partial charge in [0.1, 0.15) is 18.0 Å². The van der Waals surface area contributed by atoms with Gasteiger partial charge < -0.3 is 19.8 Å². The van der Waals surface area contributed by atoms with Crippen LogP contribution < -0.4 is 15.4 Å². The van der Waals surface area contributed by atoms with E-state index in [2.05, 4.69) is 15.6 Å². The number of benzene rings is 2. The van der Waals surface area contributed by atoms with Crippen molar-refractivity contribution in [3.63, 3.8) is 0 Å². The molecule has 2 aromatic carbocycles. The van der Waals surface area contributed by atoms with E-state index >= 15 is 0 Å². The molecule has 3 heterocycles. The van der Waals surface area contributed by atoms with E-state index < -0.39 is 0 Å². The van der Waals surface area contributed by atoms with Crippen LogP contribution in [-0.4, -0.2) is 21.2 Å². The van der Waals surface area contributed by atoms with Crippen LogP contribution in [0.2, 0.25) is 0 Å². The third-order valence-corrected chi connectivity index (χ3v) is 6.17. The van der Waals surface area contributed by atoms with E-state index in [1.165, 1.54) is 11.3 Å². The Kier molecular flexibility index (Phi) is 6.28. The Morgan fingerprint density at radius 2 is 1.60 bits per heavy atom. The molecule has 35 heavy (non-hydrogen) atoms. The van der Waals surface area contributed by atoms with Gasteiger partial charge in [0.05, 0.1) is 10.6 Å². The van der Waals surface area contributed by atoms with Gasteiger partial charge in [0.15, 0.2) is 0 Å². The zero-order valence-corrected chi connectivity index (χ0v) is 19.7. The lowest BCUT2D eigenvalue weighted by atomic mass is 10.2. The summed E-state index contributed by atoms with van der Waals surface area (Å²) >= 11 is 1.38. The number of thiophene rings is 1. The summed E-state index contributed by atoms with van der Waals surface area (Å²) in [7, 11) is 0. The topological polar surface area (TPSA) is 84.7 Å². The molecule has 7 nitrogen and oxygen atoms in total. The summed E-state index contributed by atoms with van der Waals surface area (Å²) in [6.07, 6.45) is 3.97. The van der Waals surface area contributed by atoms with Gasteiger partial charge in [0.2, 0.25) is 0 Å². The normalized spacial score (nSPS) is 10.8. The van der Waals surface area contributed by atoms with Gasteiger partial charge in [-0.2, -0.15) is 0 Å². The number of rotatable bonds is 7. The largest absolute Gasteiger partial charge is 0.487 e. The van der Waals surface area contributed by atoms with Crippen molar-refractivity contribution in [3.8, 4) is 5.75 Å². The van der Waals surface area contributed by atoms with Crippen LogP contribution in [0.15, 0.2) is 90.6 Å². The van der Waals surface area contributed by atoms with E-state index in [-0.39, 0.29) is 11.8 Å². The van der Waals surface area contributed by atoms with Gasteiger partial charge in [0.25, 0.3) is 11.8 Å². The predicted molar refractivity (Wildman–Crippen MR) is 137 cm³/mol. The van der Waals surface area contributed by atoms with E-state index in [9.17, 15) is 9.59 Å². The maximum atomic E-state index is 12.6. The molecule has 2 amide bonds. The molecule has 0 saturated heterocycles. The molecule has 5 rings (SSSR count). The number of aromatic nitrogens is 2. The third kappa shape index (κ3) is 5.39. The zero-order chi connectivity index (χ0) is 24.2. The molecule has 0 fully saturated rings. The SMILES string of the molecule is Cc1ccc2nc(COc3ccc(C(=O)Nc4ccc(NC(=O)c5cccs5)cc4)cc3)cn2c1. The molecule has 0 aliphatic heterocycles. The second-order valence-corrected chi connectivity index (χ2v) is 8.93. The lowest BCUT2D eigenvalue weighted by Gasteiger charge is -2.09.